The van der Waals surface area contributed by atoms with E-state index in [1.807, 2.05) is 62.4 Å². The number of anilines is 1. The van der Waals surface area contributed by atoms with Gasteiger partial charge in [-0.3, -0.25) is 9.59 Å². The summed E-state index contributed by atoms with van der Waals surface area (Å²) >= 11 is 0. The molecule has 6 nitrogen and oxygen atoms in total. The number of carbonyl (C=O) groups excluding carboxylic acids is 2. The average molecular weight is 481 g/mol. The van der Waals surface area contributed by atoms with Gasteiger partial charge in [0.1, 0.15) is 11.8 Å². The molecule has 0 radical (unpaired) electrons. The minimum absolute atomic E-state index is 0.268. The normalized spacial score (nSPS) is 28.6. The standard InChI is InChI=1S/C30H28N2O4/c1-18-8-10-21(16-19(18)2)35-15-14-30-13-12-29(3,36-30)25-26(30)28(34)32(27(25)33)24-11-9-20-6-4-5-7-22(20)23(24)17-31/h4-11,16,25-26H,12-15H2,1-3H3. The molecule has 182 valence electrons. The Morgan fingerprint density at radius 1 is 1.03 bits per heavy atom. The number of hydrogen-bond acceptors (Lipinski definition) is 5. The maximum atomic E-state index is 13.9. The van der Waals surface area contributed by atoms with E-state index in [9.17, 15) is 14.9 Å². The number of imide groups is 1. The fourth-order valence-electron chi connectivity index (χ4n) is 6.56. The zero-order chi connectivity index (χ0) is 25.2. The summed E-state index contributed by atoms with van der Waals surface area (Å²) in [7, 11) is 0. The summed E-state index contributed by atoms with van der Waals surface area (Å²) in [6.45, 7) is 6.45. The molecule has 3 fully saturated rings. The highest BCUT2D eigenvalue weighted by Crippen LogP contribution is 2.62. The Balaban J connectivity index is 1.32. The number of fused-ring (bicyclic) bond motifs is 6. The van der Waals surface area contributed by atoms with E-state index in [0.717, 1.165) is 22.1 Å². The van der Waals surface area contributed by atoms with E-state index >= 15 is 0 Å². The van der Waals surface area contributed by atoms with Gasteiger partial charge in [-0.15, -0.1) is 0 Å². The van der Waals surface area contributed by atoms with Gasteiger partial charge in [-0.05, 0) is 68.3 Å². The highest BCUT2D eigenvalue weighted by Gasteiger charge is 2.74. The summed E-state index contributed by atoms with van der Waals surface area (Å²) in [4.78, 5) is 29.0. The third kappa shape index (κ3) is 3.12. The molecule has 3 saturated heterocycles. The molecule has 3 aromatic carbocycles. The quantitative estimate of drug-likeness (QED) is 0.468. The molecule has 0 N–H and O–H groups in total. The molecule has 3 aromatic rings. The number of amides is 2. The zero-order valence-electron chi connectivity index (χ0n) is 20.7. The van der Waals surface area contributed by atoms with Crippen molar-refractivity contribution in [2.45, 2.75) is 51.2 Å². The third-order valence-electron chi connectivity index (χ3n) is 8.54. The minimum atomic E-state index is -0.746. The summed E-state index contributed by atoms with van der Waals surface area (Å²) in [6.07, 6.45) is 1.94. The van der Waals surface area contributed by atoms with Crippen LogP contribution in [-0.2, 0) is 14.3 Å². The van der Waals surface area contributed by atoms with Gasteiger partial charge in [-0.2, -0.15) is 5.26 Å². The van der Waals surface area contributed by atoms with Crippen LogP contribution in [-0.4, -0.2) is 29.6 Å². The maximum Gasteiger partial charge on any atom is 0.240 e. The lowest BCUT2D eigenvalue weighted by Gasteiger charge is -2.31. The number of rotatable bonds is 5. The van der Waals surface area contributed by atoms with E-state index in [2.05, 4.69) is 13.0 Å². The Labute approximate surface area is 210 Å². The first-order chi connectivity index (χ1) is 17.3. The molecule has 3 heterocycles. The van der Waals surface area contributed by atoms with Gasteiger partial charge in [-0.25, -0.2) is 4.90 Å². The van der Waals surface area contributed by atoms with Crippen molar-refractivity contribution >= 4 is 28.3 Å². The van der Waals surface area contributed by atoms with Crippen molar-refractivity contribution in [2.75, 3.05) is 11.5 Å². The molecule has 2 bridgehead atoms. The van der Waals surface area contributed by atoms with Crippen molar-refractivity contribution in [3.8, 4) is 11.8 Å². The van der Waals surface area contributed by atoms with Gasteiger partial charge in [0.25, 0.3) is 0 Å². The monoisotopic (exact) mass is 480 g/mol. The van der Waals surface area contributed by atoms with Gasteiger partial charge < -0.3 is 9.47 Å². The van der Waals surface area contributed by atoms with Crippen LogP contribution in [0.25, 0.3) is 10.8 Å². The molecular formula is C30H28N2O4. The second-order valence-electron chi connectivity index (χ2n) is 10.6. The summed E-state index contributed by atoms with van der Waals surface area (Å²) in [5.41, 5.74) is 1.63. The van der Waals surface area contributed by atoms with Crippen molar-refractivity contribution in [2.24, 2.45) is 11.8 Å². The Kier molecular flexibility index (Phi) is 5.00. The molecule has 0 spiro atoms. The number of nitriles is 1. The van der Waals surface area contributed by atoms with Crippen LogP contribution in [0.5, 0.6) is 5.75 Å². The van der Waals surface area contributed by atoms with Gasteiger partial charge in [0.2, 0.25) is 11.8 Å². The van der Waals surface area contributed by atoms with Crippen LogP contribution in [0.4, 0.5) is 5.69 Å². The minimum Gasteiger partial charge on any atom is -0.493 e. The van der Waals surface area contributed by atoms with Gasteiger partial charge in [0.05, 0.1) is 40.9 Å². The molecule has 4 unspecified atom stereocenters. The predicted octanol–water partition coefficient (Wildman–Crippen LogP) is 5.22. The van der Waals surface area contributed by atoms with Crippen molar-refractivity contribution < 1.29 is 19.1 Å². The topological polar surface area (TPSA) is 79.6 Å². The molecule has 36 heavy (non-hydrogen) atoms. The van der Waals surface area contributed by atoms with Crippen molar-refractivity contribution in [1.82, 2.24) is 0 Å². The van der Waals surface area contributed by atoms with E-state index in [1.165, 1.54) is 10.5 Å². The highest BCUT2D eigenvalue weighted by atomic mass is 16.5. The van der Waals surface area contributed by atoms with E-state index in [-0.39, 0.29) is 11.8 Å². The summed E-state index contributed by atoms with van der Waals surface area (Å²) < 4.78 is 12.6. The molecular weight excluding hydrogens is 452 g/mol. The average Bonchev–Trinajstić information content (AvgIpc) is 3.45. The molecule has 3 aliphatic heterocycles. The van der Waals surface area contributed by atoms with E-state index in [0.29, 0.717) is 37.1 Å². The largest absolute Gasteiger partial charge is 0.493 e. The molecule has 4 atom stereocenters. The number of hydrogen-bond donors (Lipinski definition) is 0. The maximum absolute atomic E-state index is 13.9. The summed E-state index contributed by atoms with van der Waals surface area (Å²) in [5.74, 6) is -0.888. The third-order valence-corrected chi connectivity index (χ3v) is 8.54. The van der Waals surface area contributed by atoms with E-state index < -0.39 is 23.0 Å². The van der Waals surface area contributed by atoms with Crippen LogP contribution in [0, 0.1) is 37.0 Å². The lowest BCUT2D eigenvalue weighted by Crippen LogP contribution is -2.43. The summed E-state index contributed by atoms with van der Waals surface area (Å²) in [6, 6.07) is 19.3. The number of aryl methyl sites for hydroxylation is 2. The Hall–Kier alpha value is -3.69. The summed E-state index contributed by atoms with van der Waals surface area (Å²) in [5, 5.41) is 11.6. The van der Waals surface area contributed by atoms with Crippen LogP contribution in [0.1, 0.15) is 42.9 Å². The van der Waals surface area contributed by atoms with E-state index in [1.54, 1.807) is 6.07 Å². The smallest absolute Gasteiger partial charge is 0.240 e. The molecule has 0 aliphatic carbocycles. The van der Waals surface area contributed by atoms with Crippen molar-refractivity contribution in [1.29, 1.82) is 5.26 Å². The molecule has 3 aliphatic rings. The molecule has 0 aromatic heterocycles. The Bertz CT molecular complexity index is 1470. The number of benzene rings is 3. The zero-order valence-corrected chi connectivity index (χ0v) is 20.7. The first kappa shape index (κ1) is 22.8. The Morgan fingerprint density at radius 2 is 1.81 bits per heavy atom. The lowest BCUT2D eigenvalue weighted by atomic mass is 9.67. The van der Waals surface area contributed by atoms with Crippen LogP contribution < -0.4 is 9.64 Å². The van der Waals surface area contributed by atoms with Crippen LogP contribution in [0.15, 0.2) is 54.6 Å². The van der Waals surface area contributed by atoms with E-state index in [4.69, 9.17) is 9.47 Å². The lowest BCUT2D eigenvalue weighted by molar-refractivity contribution is -0.131. The van der Waals surface area contributed by atoms with Gasteiger partial charge in [0, 0.05) is 11.8 Å². The SMILES string of the molecule is Cc1ccc(OCCC23CCC(C)(O2)C2C(=O)N(c4ccc5ccccc5c4C#N)C(=O)C23)cc1C. The first-order valence-electron chi connectivity index (χ1n) is 12.5. The second kappa shape index (κ2) is 7.91. The number of nitrogens with zero attached hydrogens (tertiary/aromatic N) is 2. The van der Waals surface area contributed by atoms with Crippen LogP contribution in [0.2, 0.25) is 0 Å². The predicted molar refractivity (Wildman–Crippen MR) is 136 cm³/mol. The van der Waals surface area contributed by atoms with Crippen molar-refractivity contribution in [3.63, 3.8) is 0 Å². The van der Waals surface area contributed by atoms with Gasteiger partial charge in [-0.1, -0.05) is 36.4 Å². The molecule has 0 saturated carbocycles. The second-order valence-corrected chi connectivity index (χ2v) is 10.6. The van der Waals surface area contributed by atoms with Gasteiger partial charge in [0.15, 0.2) is 0 Å². The fourth-order valence-corrected chi connectivity index (χ4v) is 6.56. The number of carbonyl (C=O) groups is 2. The Morgan fingerprint density at radius 3 is 2.58 bits per heavy atom. The number of ether oxygens (including phenoxy) is 2. The van der Waals surface area contributed by atoms with Crippen LogP contribution >= 0.6 is 0 Å². The molecule has 6 heteroatoms. The molecule has 6 rings (SSSR count). The highest BCUT2D eigenvalue weighted by molar-refractivity contribution is 6.24. The molecule has 2 amide bonds. The fraction of sp³-hybridized carbons (Fsp3) is 0.367. The van der Waals surface area contributed by atoms with Gasteiger partial charge >= 0.3 is 0 Å². The first-order valence-corrected chi connectivity index (χ1v) is 12.5. The van der Waals surface area contributed by atoms with Crippen molar-refractivity contribution in [3.05, 3.63) is 71.3 Å². The van der Waals surface area contributed by atoms with Crippen LogP contribution in [0.3, 0.4) is 0 Å².